The van der Waals surface area contributed by atoms with E-state index in [2.05, 4.69) is 0 Å². The van der Waals surface area contributed by atoms with E-state index in [1.54, 1.807) is 11.3 Å². The third-order valence-electron chi connectivity index (χ3n) is 3.26. The van der Waals surface area contributed by atoms with Gasteiger partial charge >= 0.3 is 0 Å². The van der Waals surface area contributed by atoms with Crippen molar-refractivity contribution < 1.29 is 13.5 Å². The summed E-state index contributed by atoms with van der Waals surface area (Å²) in [5, 5.41) is 1.96. The molecule has 0 radical (unpaired) electrons. The van der Waals surface area contributed by atoms with Gasteiger partial charge in [0, 0.05) is 17.3 Å². The lowest BCUT2D eigenvalue weighted by Gasteiger charge is -2.12. The second-order valence-corrected chi connectivity index (χ2v) is 5.97. The highest BCUT2D eigenvalue weighted by atomic mass is 32.1. The molecule has 21 heavy (non-hydrogen) atoms. The number of rotatable bonds is 7. The van der Waals surface area contributed by atoms with E-state index in [0.717, 1.165) is 11.3 Å². The second-order valence-electron chi connectivity index (χ2n) is 4.94. The Morgan fingerprint density at radius 3 is 2.57 bits per heavy atom. The van der Waals surface area contributed by atoms with E-state index in [1.165, 1.54) is 12.1 Å². The third-order valence-corrected chi connectivity index (χ3v) is 4.19. The van der Waals surface area contributed by atoms with Gasteiger partial charge in [-0.2, -0.15) is 0 Å². The normalized spacial score (nSPS) is 12.4. The molecule has 0 aliphatic carbocycles. The fourth-order valence-corrected chi connectivity index (χ4v) is 2.71. The molecule has 114 valence electrons. The van der Waals surface area contributed by atoms with Gasteiger partial charge in [-0.05, 0) is 42.0 Å². The number of ether oxygens (including phenoxy) is 1. The van der Waals surface area contributed by atoms with Gasteiger partial charge in [0.15, 0.2) is 17.4 Å². The van der Waals surface area contributed by atoms with Crippen LogP contribution < -0.4 is 10.5 Å². The van der Waals surface area contributed by atoms with Crippen molar-refractivity contribution in [3.63, 3.8) is 0 Å². The van der Waals surface area contributed by atoms with Crippen LogP contribution >= 0.6 is 11.3 Å². The first-order valence-electron chi connectivity index (χ1n) is 6.98. The number of hydrogen-bond acceptors (Lipinski definition) is 3. The maximum atomic E-state index is 13.9. The van der Waals surface area contributed by atoms with Crippen LogP contribution in [0.1, 0.15) is 23.8 Å². The van der Waals surface area contributed by atoms with Crippen LogP contribution in [0.5, 0.6) is 5.75 Å². The summed E-state index contributed by atoms with van der Waals surface area (Å²) >= 11 is 1.60. The molecule has 2 nitrogen and oxygen atoms in total. The molecule has 2 N–H and O–H groups in total. The predicted molar refractivity (Wildman–Crippen MR) is 81.8 cm³/mol. The van der Waals surface area contributed by atoms with E-state index >= 15 is 0 Å². The minimum Gasteiger partial charge on any atom is -0.487 e. The summed E-state index contributed by atoms with van der Waals surface area (Å²) < 4.78 is 33.1. The van der Waals surface area contributed by atoms with Crippen LogP contribution in [0, 0.1) is 11.6 Å². The molecular weight excluding hydrogens is 292 g/mol. The fourth-order valence-electron chi connectivity index (χ4n) is 2.02. The number of benzene rings is 1. The second kappa shape index (κ2) is 7.52. The van der Waals surface area contributed by atoms with Crippen LogP contribution in [-0.2, 0) is 12.8 Å². The van der Waals surface area contributed by atoms with Gasteiger partial charge < -0.3 is 10.5 Å². The van der Waals surface area contributed by atoms with Crippen molar-refractivity contribution in [3.8, 4) is 5.75 Å². The summed E-state index contributed by atoms with van der Waals surface area (Å²) in [6.07, 6.45) is 1.86. The Kier molecular flexibility index (Phi) is 5.70. The van der Waals surface area contributed by atoms with Crippen LogP contribution in [-0.4, -0.2) is 12.6 Å². The maximum Gasteiger partial charge on any atom is 0.190 e. The summed E-state index contributed by atoms with van der Waals surface area (Å²) in [5.74, 6) is -1.64. The molecule has 1 aromatic heterocycles. The Labute approximate surface area is 127 Å². The van der Waals surface area contributed by atoms with E-state index in [1.807, 2.05) is 24.4 Å². The standard InChI is InChI=1S/C16H19F2NOS/c1-2-12(19)8-11-9-14(17)16(15(18)10-11)20-6-5-13-4-3-7-21-13/h3-4,7,9-10,12H,2,5-6,8,19H2,1H3. The van der Waals surface area contributed by atoms with Gasteiger partial charge in [0.1, 0.15) is 0 Å². The lowest BCUT2D eigenvalue weighted by molar-refractivity contribution is 0.288. The molecule has 1 unspecified atom stereocenters. The summed E-state index contributed by atoms with van der Waals surface area (Å²) in [6.45, 7) is 2.20. The van der Waals surface area contributed by atoms with Crippen molar-refractivity contribution in [3.05, 3.63) is 51.7 Å². The third kappa shape index (κ3) is 4.51. The Balaban J connectivity index is 1.99. The van der Waals surface area contributed by atoms with E-state index in [4.69, 9.17) is 10.5 Å². The van der Waals surface area contributed by atoms with Crippen molar-refractivity contribution >= 4 is 11.3 Å². The van der Waals surface area contributed by atoms with Crippen molar-refractivity contribution in [2.24, 2.45) is 5.73 Å². The molecule has 0 fully saturated rings. The highest BCUT2D eigenvalue weighted by Crippen LogP contribution is 2.24. The molecule has 0 amide bonds. The zero-order valence-electron chi connectivity index (χ0n) is 11.9. The van der Waals surface area contributed by atoms with Gasteiger partial charge in [0.2, 0.25) is 0 Å². The monoisotopic (exact) mass is 311 g/mol. The molecule has 1 heterocycles. The lowest BCUT2D eigenvalue weighted by Crippen LogP contribution is -2.21. The van der Waals surface area contributed by atoms with E-state index in [0.29, 0.717) is 18.4 Å². The molecule has 0 saturated carbocycles. The molecule has 0 saturated heterocycles. The van der Waals surface area contributed by atoms with Gasteiger partial charge in [-0.1, -0.05) is 13.0 Å². The van der Waals surface area contributed by atoms with Crippen molar-refractivity contribution in [2.45, 2.75) is 32.2 Å². The number of nitrogens with two attached hydrogens (primary N) is 1. The Morgan fingerprint density at radius 1 is 1.29 bits per heavy atom. The van der Waals surface area contributed by atoms with Crippen molar-refractivity contribution in [1.29, 1.82) is 0 Å². The quantitative estimate of drug-likeness (QED) is 0.841. The molecule has 0 aliphatic heterocycles. The van der Waals surface area contributed by atoms with E-state index < -0.39 is 11.6 Å². The van der Waals surface area contributed by atoms with Crippen LogP contribution in [0.3, 0.4) is 0 Å². The molecule has 0 aliphatic rings. The van der Waals surface area contributed by atoms with Crippen molar-refractivity contribution in [2.75, 3.05) is 6.61 Å². The largest absolute Gasteiger partial charge is 0.487 e. The Bertz CT molecular complexity index is 549. The minimum absolute atomic E-state index is 0.0885. The van der Waals surface area contributed by atoms with Gasteiger partial charge in [0.25, 0.3) is 0 Å². The zero-order valence-corrected chi connectivity index (χ0v) is 12.8. The van der Waals surface area contributed by atoms with Crippen LogP contribution in [0.15, 0.2) is 29.6 Å². The van der Waals surface area contributed by atoms with Crippen LogP contribution in [0.25, 0.3) is 0 Å². The number of thiophene rings is 1. The highest BCUT2D eigenvalue weighted by molar-refractivity contribution is 7.09. The molecule has 1 atom stereocenters. The number of halogens is 2. The minimum atomic E-state index is -0.667. The molecule has 5 heteroatoms. The molecular formula is C16H19F2NOS. The fraction of sp³-hybridized carbons (Fsp3) is 0.375. The smallest absolute Gasteiger partial charge is 0.190 e. The van der Waals surface area contributed by atoms with Gasteiger partial charge in [-0.15, -0.1) is 11.3 Å². The molecule has 0 bridgehead atoms. The lowest BCUT2D eigenvalue weighted by atomic mass is 10.0. The highest BCUT2D eigenvalue weighted by Gasteiger charge is 2.14. The molecule has 2 rings (SSSR count). The Morgan fingerprint density at radius 2 is 2.00 bits per heavy atom. The van der Waals surface area contributed by atoms with Gasteiger partial charge in [-0.3, -0.25) is 0 Å². The molecule has 0 spiro atoms. The van der Waals surface area contributed by atoms with Gasteiger partial charge in [-0.25, -0.2) is 8.78 Å². The SMILES string of the molecule is CCC(N)Cc1cc(F)c(OCCc2cccs2)c(F)c1. The van der Waals surface area contributed by atoms with E-state index in [-0.39, 0.29) is 18.4 Å². The van der Waals surface area contributed by atoms with Crippen LogP contribution in [0.2, 0.25) is 0 Å². The first-order valence-corrected chi connectivity index (χ1v) is 7.86. The maximum absolute atomic E-state index is 13.9. The topological polar surface area (TPSA) is 35.2 Å². The van der Waals surface area contributed by atoms with Crippen LogP contribution in [0.4, 0.5) is 8.78 Å². The summed E-state index contributed by atoms with van der Waals surface area (Å²) in [5.41, 5.74) is 6.36. The number of hydrogen-bond donors (Lipinski definition) is 1. The predicted octanol–water partition coefficient (Wildman–Crippen LogP) is 3.93. The van der Waals surface area contributed by atoms with Gasteiger partial charge in [0.05, 0.1) is 6.61 Å². The summed E-state index contributed by atoms with van der Waals surface area (Å²) in [6, 6.07) is 6.43. The average Bonchev–Trinajstić information content (AvgIpc) is 2.95. The first kappa shape index (κ1) is 15.9. The van der Waals surface area contributed by atoms with E-state index in [9.17, 15) is 8.78 Å². The summed E-state index contributed by atoms with van der Waals surface area (Å²) in [4.78, 5) is 1.13. The molecule has 2 aromatic rings. The zero-order chi connectivity index (χ0) is 15.2. The average molecular weight is 311 g/mol. The van der Waals surface area contributed by atoms with Crippen molar-refractivity contribution in [1.82, 2.24) is 0 Å². The Hall–Kier alpha value is -1.46. The molecule has 1 aromatic carbocycles. The summed E-state index contributed by atoms with van der Waals surface area (Å²) in [7, 11) is 0. The first-order chi connectivity index (χ1) is 10.1.